The SMILES string of the molecule is CCN[C@H]1[C@H]2CC[C@@H](C2)[C@@H]1c1ccccc1. The maximum Gasteiger partial charge on any atom is 0.0167 e. The van der Waals surface area contributed by atoms with Crippen molar-refractivity contribution in [3.63, 3.8) is 0 Å². The second kappa shape index (κ2) is 4.21. The first-order valence-corrected chi connectivity index (χ1v) is 6.68. The van der Waals surface area contributed by atoms with Crippen LogP contribution in [0.1, 0.15) is 37.7 Å². The Labute approximate surface area is 98.3 Å². The third kappa shape index (κ3) is 1.58. The lowest BCUT2D eigenvalue weighted by Crippen LogP contribution is -2.39. The summed E-state index contributed by atoms with van der Waals surface area (Å²) < 4.78 is 0. The molecule has 16 heavy (non-hydrogen) atoms. The number of benzene rings is 1. The minimum absolute atomic E-state index is 0.742. The smallest absolute Gasteiger partial charge is 0.0167 e. The van der Waals surface area contributed by atoms with Gasteiger partial charge in [0.1, 0.15) is 0 Å². The molecule has 1 heteroatoms. The van der Waals surface area contributed by atoms with Gasteiger partial charge in [0.25, 0.3) is 0 Å². The molecule has 1 nitrogen and oxygen atoms in total. The number of nitrogens with one attached hydrogen (secondary N) is 1. The van der Waals surface area contributed by atoms with Gasteiger partial charge in [0.2, 0.25) is 0 Å². The van der Waals surface area contributed by atoms with E-state index in [-0.39, 0.29) is 0 Å². The Bertz CT molecular complexity index is 346. The molecular formula is C15H21N. The van der Waals surface area contributed by atoms with Crippen LogP contribution in [0, 0.1) is 11.8 Å². The van der Waals surface area contributed by atoms with Crippen molar-refractivity contribution in [2.45, 2.75) is 38.1 Å². The fourth-order valence-electron chi connectivity index (χ4n) is 3.98. The standard InChI is InChI=1S/C15H21N/c1-2-16-15-13-9-8-12(10-13)14(15)11-6-4-3-5-7-11/h3-7,12-16H,2,8-10H2,1H3/t12-,13-,14-,15-/m0/s1. The number of likely N-dealkylation sites (N-methyl/N-ethyl adjacent to an activating group) is 1. The molecule has 3 rings (SSSR count). The van der Waals surface area contributed by atoms with Crippen LogP contribution >= 0.6 is 0 Å². The maximum atomic E-state index is 3.72. The van der Waals surface area contributed by atoms with Gasteiger partial charge in [-0.25, -0.2) is 0 Å². The summed E-state index contributed by atoms with van der Waals surface area (Å²) in [5.74, 6) is 2.66. The van der Waals surface area contributed by atoms with Gasteiger partial charge in [0.05, 0.1) is 0 Å². The van der Waals surface area contributed by atoms with Gasteiger partial charge in [-0.3, -0.25) is 0 Å². The van der Waals surface area contributed by atoms with Gasteiger partial charge in [-0.15, -0.1) is 0 Å². The van der Waals surface area contributed by atoms with E-state index in [0.29, 0.717) is 0 Å². The van der Waals surface area contributed by atoms with Gasteiger partial charge < -0.3 is 5.32 Å². The molecule has 1 aromatic rings. The van der Waals surface area contributed by atoms with Gasteiger partial charge in [-0.1, -0.05) is 37.3 Å². The lowest BCUT2D eigenvalue weighted by molar-refractivity contribution is 0.315. The topological polar surface area (TPSA) is 12.0 Å². The predicted octanol–water partition coefficient (Wildman–Crippen LogP) is 3.18. The van der Waals surface area contributed by atoms with E-state index in [9.17, 15) is 0 Å². The zero-order valence-electron chi connectivity index (χ0n) is 10.0. The van der Waals surface area contributed by atoms with Crippen LogP contribution in [0.15, 0.2) is 30.3 Å². The first kappa shape index (κ1) is 10.3. The summed E-state index contributed by atoms with van der Waals surface area (Å²) in [6.07, 6.45) is 4.36. The van der Waals surface area contributed by atoms with E-state index >= 15 is 0 Å². The molecule has 2 aliphatic carbocycles. The minimum Gasteiger partial charge on any atom is -0.313 e. The molecule has 1 aromatic carbocycles. The van der Waals surface area contributed by atoms with Crippen molar-refractivity contribution in [2.24, 2.45) is 11.8 Å². The molecule has 0 saturated heterocycles. The zero-order chi connectivity index (χ0) is 11.0. The molecule has 0 amide bonds. The molecule has 2 saturated carbocycles. The second-order valence-corrected chi connectivity index (χ2v) is 5.35. The fourth-order valence-corrected chi connectivity index (χ4v) is 3.98. The Hall–Kier alpha value is -0.820. The molecule has 2 fully saturated rings. The van der Waals surface area contributed by atoms with E-state index in [1.165, 1.54) is 19.3 Å². The molecule has 2 bridgehead atoms. The zero-order valence-corrected chi connectivity index (χ0v) is 10.0. The van der Waals surface area contributed by atoms with Crippen LogP contribution in [0.5, 0.6) is 0 Å². The molecule has 4 atom stereocenters. The normalized spacial score (nSPS) is 36.8. The third-order valence-electron chi connectivity index (χ3n) is 4.54. The van der Waals surface area contributed by atoms with Crippen molar-refractivity contribution >= 4 is 0 Å². The largest absolute Gasteiger partial charge is 0.313 e. The highest BCUT2D eigenvalue weighted by Crippen LogP contribution is 2.52. The average Bonchev–Trinajstić information content (AvgIpc) is 2.91. The maximum absolute atomic E-state index is 3.72. The van der Waals surface area contributed by atoms with Gasteiger partial charge in [0.15, 0.2) is 0 Å². The summed E-state index contributed by atoms with van der Waals surface area (Å²) in [5.41, 5.74) is 1.56. The molecule has 86 valence electrons. The average molecular weight is 215 g/mol. The molecule has 0 radical (unpaired) electrons. The van der Waals surface area contributed by atoms with Gasteiger partial charge in [0, 0.05) is 12.0 Å². The van der Waals surface area contributed by atoms with Crippen molar-refractivity contribution in [3.05, 3.63) is 35.9 Å². The first-order valence-electron chi connectivity index (χ1n) is 6.68. The number of hydrogen-bond acceptors (Lipinski definition) is 1. The molecular weight excluding hydrogens is 194 g/mol. The summed E-state index contributed by atoms with van der Waals surface area (Å²) in [6, 6.07) is 11.9. The van der Waals surface area contributed by atoms with Crippen molar-refractivity contribution in [3.8, 4) is 0 Å². The highest BCUT2D eigenvalue weighted by Gasteiger charge is 2.47. The van der Waals surface area contributed by atoms with Crippen molar-refractivity contribution in [1.82, 2.24) is 5.32 Å². The fraction of sp³-hybridized carbons (Fsp3) is 0.600. The van der Waals surface area contributed by atoms with Crippen LogP contribution in [-0.4, -0.2) is 12.6 Å². The van der Waals surface area contributed by atoms with Gasteiger partial charge in [-0.05, 0) is 43.2 Å². The van der Waals surface area contributed by atoms with E-state index < -0.39 is 0 Å². The predicted molar refractivity (Wildman–Crippen MR) is 67.5 cm³/mol. The Morgan fingerprint density at radius 3 is 2.62 bits per heavy atom. The number of fused-ring (bicyclic) bond motifs is 2. The van der Waals surface area contributed by atoms with Gasteiger partial charge in [-0.2, -0.15) is 0 Å². The van der Waals surface area contributed by atoms with Crippen LogP contribution in [0.4, 0.5) is 0 Å². The molecule has 0 unspecified atom stereocenters. The van der Waals surface area contributed by atoms with Crippen molar-refractivity contribution in [1.29, 1.82) is 0 Å². The Morgan fingerprint density at radius 2 is 1.88 bits per heavy atom. The minimum atomic E-state index is 0.742. The monoisotopic (exact) mass is 215 g/mol. The number of hydrogen-bond donors (Lipinski definition) is 1. The lowest BCUT2D eigenvalue weighted by atomic mass is 9.80. The molecule has 0 aromatic heterocycles. The first-order chi connectivity index (χ1) is 7.90. The second-order valence-electron chi connectivity index (χ2n) is 5.35. The summed E-state index contributed by atoms with van der Waals surface area (Å²) in [6.45, 7) is 3.34. The van der Waals surface area contributed by atoms with Crippen LogP contribution in [0.3, 0.4) is 0 Å². The van der Waals surface area contributed by atoms with E-state index in [1.807, 2.05) is 0 Å². The molecule has 0 aliphatic heterocycles. The Morgan fingerprint density at radius 1 is 1.12 bits per heavy atom. The summed E-state index contributed by atoms with van der Waals surface area (Å²) in [7, 11) is 0. The quantitative estimate of drug-likeness (QED) is 0.816. The van der Waals surface area contributed by atoms with Crippen molar-refractivity contribution < 1.29 is 0 Å². The summed E-state index contributed by atoms with van der Waals surface area (Å²) >= 11 is 0. The third-order valence-corrected chi connectivity index (χ3v) is 4.54. The van der Waals surface area contributed by atoms with Crippen LogP contribution < -0.4 is 5.32 Å². The summed E-state index contributed by atoms with van der Waals surface area (Å²) in [5, 5.41) is 3.72. The van der Waals surface area contributed by atoms with Gasteiger partial charge >= 0.3 is 0 Å². The van der Waals surface area contributed by atoms with Crippen LogP contribution in [0.2, 0.25) is 0 Å². The Balaban J connectivity index is 1.88. The van der Waals surface area contributed by atoms with Crippen molar-refractivity contribution in [2.75, 3.05) is 6.54 Å². The van der Waals surface area contributed by atoms with Crippen LogP contribution in [-0.2, 0) is 0 Å². The lowest BCUT2D eigenvalue weighted by Gasteiger charge is -2.32. The Kier molecular flexibility index (Phi) is 2.72. The highest BCUT2D eigenvalue weighted by atomic mass is 14.9. The molecule has 0 heterocycles. The summed E-state index contributed by atoms with van der Waals surface area (Å²) in [4.78, 5) is 0. The van der Waals surface area contributed by atoms with E-state index in [0.717, 1.165) is 30.3 Å². The molecule has 1 N–H and O–H groups in total. The molecule has 0 spiro atoms. The molecule has 2 aliphatic rings. The van der Waals surface area contributed by atoms with E-state index in [2.05, 4.69) is 42.6 Å². The van der Waals surface area contributed by atoms with Crippen LogP contribution in [0.25, 0.3) is 0 Å². The number of rotatable bonds is 3. The van der Waals surface area contributed by atoms with E-state index in [1.54, 1.807) is 5.56 Å². The highest BCUT2D eigenvalue weighted by molar-refractivity contribution is 5.26. The van der Waals surface area contributed by atoms with E-state index in [4.69, 9.17) is 0 Å².